The Kier molecular flexibility index (Phi) is 4.23. The van der Waals surface area contributed by atoms with E-state index < -0.39 is 39.8 Å². The quantitative estimate of drug-likeness (QED) is 0.919. The van der Waals surface area contributed by atoms with Gasteiger partial charge in [-0.15, -0.1) is 0 Å². The van der Waals surface area contributed by atoms with Crippen LogP contribution in [0.1, 0.15) is 6.42 Å². The van der Waals surface area contributed by atoms with Gasteiger partial charge in [0, 0.05) is 13.6 Å². The van der Waals surface area contributed by atoms with Crippen molar-refractivity contribution in [1.82, 2.24) is 4.31 Å². The second-order valence-corrected chi connectivity index (χ2v) is 5.67. The van der Waals surface area contributed by atoms with E-state index in [9.17, 15) is 26.7 Å². The first-order valence-corrected chi connectivity index (χ1v) is 6.39. The summed E-state index contributed by atoms with van der Waals surface area (Å²) in [5.74, 6) is -0.489. The van der Waals surface area contributed by atoms with Crippen LogP contribution in [0.25, 0.3) is 0 Å². The molecule has 0 amide bonds. The molecule has 0 aromatic heterocycles. The number of phenols is 1. The van der Waals surface area contributed by atoms with Crippen molar-refractivity contribution in [3.05, 3.63) is 24.3 Å². The number of para-hydroxylation sites is 1. The van der Waals surface area contributed by atoms with E-state index >= 15 is 0 Å². The van der Waals surface area contributed by atoms with Gasteiger partial charge < -0.3 is 5.11 Å². The Hall–Kier alpha value is -1.28. The average molecular weight is 283 g/mol. The van der Waals surface area contributed by atoms with Crippen LogP contribution in [0.15, 0.2) is 29.2 Å². The van der Waals surface area contributed by atoms with E-state index in [1.165, 1.54) is 12.1 Å². The minimum atomic E-state index is -4.43. The number of hydrogen-bond donors (Lipinski definition) is 1. The summed E-state index contributed by atoms with van der Waals surface area (Å²) in [4.78, 5) is -0.408. The van der Waals surface area contributed by atoms with Crippen LogP contribution < -0.4 is 0 Å². The molecule has 18 heavy (non-hydrogen) atoms. The van der Waals surface area contributed by atoms with Crippen molar-refractivity contribution in [2.75, 3.05) is 13.6 Å². The second kappa shape index (κ2) is 5.15. The minimum absolute atomic E-state index is 0.408. The number of sulfonamides is 1. The van der Waals surface area contributed by atoms with Crippen molar-refractivity contribution in [3.63, 3.8) is 0 Å². The zero-order valence-corrected chi connectivity index (χ0v) is 10.3. The molecule has 0 saturated carbocycles. The SMILES string of the molecule is CN(CCC(F)(F)F)S(=O)(=O)c1ccccc1O. The molecule has 1 aromatic rings. The van der Waals surface area contributed by atoms with Crippen molar-refractivity contribution in [2.24, 2.45) is 0 Å². The van der Waals surface area contributed by atoms with Gasteiger partial charge >= 0.3 is 6.18 Å². The van der Waals surface area contributed by atoms with Crippen LogP contribution in [0, 0.1) is 0 Å². The Bertz CT molecular complexity index is 513. The maximum absolute atomic E-state index is 12.0. The van der Waals surface area contributed by atoms with Crippen LogP contribution in [0.2, 0.25) is 0 Å². The van der Waals surface area contributed by atoms with E-state index in [-0.39, 0.29) is 0 Å². The van der Waals surface area contributed by atoms with Crippen molar-refractivity contribution < 1.29 is 26.7 Å². The molecule has 0 atom stereocenters. The molecule has 0 saturated heterocycles. The molecule has 0 heterocycles. The van der Waals surface area contributed by atoms with Gasteiger partial charge in [0.25, 0.3) is 0 Å². The Morgan fingerprint density at radius 1 is 1.28 bits per heavy atom. The van der Waals surface area contributed by atoms with Gasteiger partial charge in [0.1, 0.15) is 10.6 Å². The third kappa shape index (κ3) is 3.61. The summed E-state index contributed by atoms with van der Waals surface area (Å²) in [7, 11) is -3.07. The van der Waals surface area contributed by atoms with Gasteiger partial charge in [0.05, 0.1) is 6.42 Å². The number of halogens is 3. The summed E-state index contributed by atoms with van der Waals surface area (Å²) in [6, 6.07) is 5.09. The summed E-state index contributed by atoms with van der Waals surface area (Å²) in [5.41, 5.74) is 0. The molecule has 8 heteroatoms. The Labute approximate surface area is 103 Å². The summed E-state index contributed by atoms with van der Waals surface area (Å²) >= 11 is 0. The molecule has 1 rings (SSSR count). The standard InChI is InChI=1S/C10H12F3NO3S/c1-14(7-6-10(11,12)13)18(16,17)9-5-3-2-4-8(9)15/h2-5,15H,6-7H2,1H3. The number of alkyl halides is 3. The summed E-state index contributed by atoms with van der Waals surface area (Å²) < 4.78 is 60.3. The highest BCUT2D eigenvalue weighted by atomic mass is 32.2. The van der Waals surface area contributed by atoms with Gasteiger partial charge in [0.2, 0.25) is 10.0 Å². The molecule has 0 aliphatic rings. The summed E-state index contributed by atoms with van der Waals surface area (Å²) in [5, 5.41) is 9.40. The highest BCUT2D eigenvalue weighted by molar-refractivity contribution is 7.89. The number of aromatic hydroxyl groups is 1. The zero-order valence-electron chi connectivity index (χ0n) is 9.48. The van der Waals surface area contributed by atoms with Crippen LogP contribution in [-0.4, -0.2) is 37.6 Å². The Balaban J connectivity index is 2.91. The van der Waals surface area contributed by atoms with Crippen LogP contribution in [0.4, 0.5) is 13.2 Å². The molecule has 0 aliphatic heterocycles. The lowest BCUT2D eigenvalue weighted by Crippen LogP contribution is -2.30. The van der Waals surface area contributed by atoms with Crippen molar-refractivity contribution in [1.29, 1.82) is 0 Å². The van der Waals surface area contributed by atoms with Gasteiger partial charge in [-0.05, 0) is 12.1 Å². The van der Waals surface area contributed by atoms with Crippen LogP contribution >= 0.6 is 0 Å². The van der Waals surface area contributed by atoms with Crippen LogP contribution in [-0.2, 0) is 10.0 Å². The molecule has 4 nitrogen and oxygen atoms in total. The normalized spacial score (nSPS) is 12.9. The average Bonchev–Trinajstić information content (AvgIpc) is 2.25. The molecule has 0 spiro atoms. The molecule has 0 aliphatic carbocycles. The summed E-state index contributed by atoms with van der Waals surface area (Å²) in [6.07, 6.45) is -5.67. The maximum atomic E-state index is 12.0. The zero-order chi connectivity index (χ0) is 14.0. The molecule has 0 bridgehead atoms. The van der Waals surface area contributed by atoms with Crippen molar-refractivity contribution in [2.45, 2.75) is 17.5 Å². The predicted octanol–water partition coefficient (Wildman–Crippen LogP) is 1.97. The molecule has 1 N–H and O–H groups in total. The topological polar surface area (TPSA) is 57.6 Å². The third-order valence-electron chi connectivity index (χ3n) is 2.26. The highest BCUT2D eigenvalue weighted by Crippen LogP contribution is 2.26. The lowest BCUT2D eigenvalue weighted by Gasteiger charge is -2.18. The van der Waals surface area contributed by atoms with E-state index in [4.69, 9.17) is 0 Å². The fraction of sp³-hybridized carbons (Fsp3) is 0.400. The van der Waals surface area contributed by atoms with Gasteiger partial charge in [0.15, 0.2) is 0 Å². The predicted molar refractivity (Wildman–Crippen MR) is 58.6 cm³/mol. The highest BCUT2D eigenvalue weighted by Gasteiger charge is 2.31. The molecule has 0 fully saturated rings. The van der Waals surface area contributed by atoms with E-state index in [1.54, 1.807) is 0 Å². The molecular weight excluding hydrogens is 271 g/mol. The fourth-order valence-corrected chi connectivity index (χ4v) is 2.50. The smallest absolute Gasteiger partial charge is 0.390 e. The van der Waals surface area contributed by atoms with Crippen molar-refractivity contribution >= 4 is 10.0 Å². The number of nitrogens with zero attached hydrogens (tertiary/aromatic N) is 1. The first-order chi connectivity index (χ1) is 8.14. The van der Waals surface area contributed by atoms with Crippen LogP contribution in [0.5, 0.6) is 5.75 Å². The first kappa shape index (κ1) is 14.8. The molecular formula is C10H12F3NO3S. The Morgan fingerprint density at radius 3 is 2.33 bits per heavy atom. The van der Waals surface area contributed by atoms with E-state index in [2.05, 4.69) is 0 Å². The number of hydrogen-bond acceptors (Lipinski definition) is 3. The molecule has 0 unspecified atom stereocenters. The number of phenolic OH excluding ortho intramolecular Hbond substituents is 1. The molecule has 0 radical (unpaired) electrons. The van der Waals surface area contributed by atoms with Crippen LogP contribution in [0.3, 0.4) is 0 Å². The Morgan fingerprint density at radius 2 is 1.83 bits per heavy atom. The second-order valence-electron chi connectivity index (χ2n) is 3.66. The lowest BCUT2D eigenvalue weighted by molar-refractivity contribution is -0.135. The van der Waals surface area contributed by atoms with Crippen molar-refractivity contribution in [3.8, 4) is 5.75 Å². The summed E-state index contributed by atoms with van der Waals surface area (Å²) in [6.45, 7) is -0.694. The van der Waals surface area contributed by atoms with Gasteiger partial charge in [-0.1, -0.05) is 12.1 Å². The molecule has 1 aromatic carbocycles. The van der Waals surface area contributed by atoms with Gasteiger partial charge in [-0.2, -0.15) is 13.2 Å². The monoisotopic (exact) mass is 283 g/mol. The van der Waals surface area contributed by atoms with Gasteiger partial charge in [-0.3, -0.25) is 0 Å². The minimum Gasteiger partial charge on any atom is -0.507 e. The largest absolute Gasteiger partial charge is 0.507 e. The molecule has 102 valence electrons. The first-order valence-electron chi connectivity index (χ1n) is 4.95. The van der Waals surface area contributed by atoms with Gasteiger partial charge in [-0.25, -0.2) is 12.7 Å². The van der Waals surface area contributed by atoms with E-state index in [1.807, 2.05) is 0 Å². The number of benzene rings is 1. The lowest BCUT2D eigenvalue weighted by atomic mass is 10.3. The van der Waals surface area contributed by atoms with E-state index in [0.717, 1.165) is 19.2 Å². The van der Waals surface area contributed by atoms with E-state index in [0.29, 0.717) is 4.31 Å². The fourth-order valence-electron chi connectivity index (χ4n) is 1.25. The third-order valence-corrected chi connectivity index (χ3v) is 4.17. The maximum Gasteiger partial charge on any atom is 0.390 e. The number of rotatable bonds is 4.